The van der Waals surface area contributed by atoms with Crippen molar-refractivity contribution in [1.29, 1.82) is 5.41 Å². The van der Waals surface area contributed by atoms with Gasteiger partial charge in [-0.2, -0.15) is 13.2 Å². The van der Waals surface area contributed by atoms with Crippen molar-refractivity contribution in [3.8, 4) is 11.3 Å². The number of carbonyl (C=O) groups excluding carboxylic acids is 1. The number of aromatic nitrogens is 2. The first kappa shape index (κ1) is 30.3. The predicted octanol–water partition coefficient (Wildman–Crippen LogP) is -0.514. The monoisotopic (exact) mass is 534 g/mol. The Morgan fingerprint density at radius 3 is 2.42 bits per heavy atom. The zero-order valence-electron chi connectivity index (χ0n) is 20.1. The number of carbonyl (C=O) groups is 1. The Morgan fingerprint density at radius 2 is 1.89 bits per heavy atom. The predicted molar refractivity (Wildman–Crippen MR) is 123 cm³/mol. The molecule has 36 heavy (non-hydrogen) atoms. The van der Waals surface area contributed by atoms with Crippen LogP contribution in [0.25, 0.3) is 16.6 Å². The van der Waals surface area contributed by atoms with Gasteiger partial charge in [0, 0.05) is 43.9 Å². The number of piperidine rings is 1. The number of nitrogens with one attached hydrogen (secondary N) is 1. The second kappa shape index (κ2) is 12.5. The number of nitrogens with two attached hydrogens (primary N) is 3. The number of hydrogen-bond acceptors (Lipinski definition) is 5. The molecule has 0 aliphatic carbocycles. The fourth-order valence-electron chi connectivity index (χ4n) is 4.11. The zero-order chi connectivity index (χ0) is 25.9. The molecule has 0 radical (unpaired) electrons. The molecule has 0 saturated carbocycles. The third-order valence-corrected chi connectivity index (χ3v) is 5.90. The van der Waals surface area contributed by atoms with Crippen LogP contribution in [0.2, 0.25) is 0 Å². The molecule has 2 aromatic rings. The third-order valence-electron chi connectivity index (χ3n) is 5.90. The number of halogens is 4. The van der Waals surface area contributed by atoms with Gasteiger partial charge in [-0.1, -0.05) is 12.9 Å². The van der Waals surface area contributed by atoms with E-state index in [0.717, 1.165) is 12.1 Å². The zero-order valence-corrected chi connectivity index (χ0v) is 23.2. The molecule has 1 aromatic heterocycles. The van der Waals surface area contributed by atoms with Crippen molar-refractivity contribution in [3.05, 3.63) is 58.3 Å². The second-order valence-electron chi connectivity index (χ2n) is 8.12. The van der Waals surface area contributed by atoms with Crippen molar-refractivity contribution in [3.63, 3.8) is 0 Å². The molecule has 14 heteroatoms. The number of benzene rings is 1. The van der Waals surface area contributed by atoms with E-state index in [1.165, 1.54) is 13.1 Å². The fraction of sp³-hybridized carbons (Fsp3) is 0.409. The molecule has 7 N–H and O–H groups in total. The summed E-state index contributed by atoms with van der Waals surface area (Å²) in [6.45, 7) is 1.48. The molecule has 3 rings (SSSR count). The van der Waals surface area contributed by atoms with E-state index in [1.807, 2.05) is 0 Å². The summed E-state index contributed by atoms with van der Waals surface area (Å²) in [4.78, 5) is 18.0. The minimum absolute atomic E-state index is 0. The third kappa shape index (κ3) is 6.66. The fourth-order valence-corrected chi connectivity index (χ4v) is 4.11. The van der Waals surface area contributed by atoms with Crippen molar-refractivity contribution in [2.75, 3.05) is 26.7 Å². The number of likely N-dealkylation sites (tertiary alicyclic amines) is 1. The average molecular weight is 535 g/mol. The van der Waals surface area contributed by atoms with Gasteiger partial charge in [0.1, 0.15) is 17.5 Å². The molecule has 1 aliphatic rings. The molecule has 1 fully saturated rings. The van der Waals surface area contributed by atoms with Crippen LogP contribution in [-0.2, 0) is 17.5 Å². The minimum atomic E-state index is -4.83. The number of alkyl halides is 3. The van der Waals surface area contributed by atoms with Gasteiger partial charge in [0.2, 0.25) is 0 Å². The molecule has 1 saturated heterocycles. The molecule has 1 amide bonds. The topological polar surface area (TPSA) is 154 Å². The maximum atomic E-state index is 13.7. The van der Waals surface area contributed by atoms with E-state index in [2.05, 4.69) is 10.3 Å². The van der Waals surface area contributed by atoms with E-state index < -0.39 is 23.5 Å². The van der Waals surface area contributed by atoms with E-state index in [-0.39, 0.29) is 92.3 Å². The van der Waals surface area contributed by atoms with Crippen molar-refractivity contribution in [2.45, 2.75) is 31.5 Å². The summed E-state index contributed by atoms with van der Waals surface area (Å²) in [6, 6.07) is 2.79. The van der Waals surface area contributed by atoms with Crippen molar-refractivity contribution < 1.29 is 73.7 Å². The molecule has 1 aliphatic heterocycles. The molecule has 0 atom stereocenters. The van der Waals surface area contributed by atoms with Crippen LogP contribution >= 0.6 is 0 Å². The molecule has 1 aromatic carbocycles. The Hall–Kier alpha value is -1.97. The molecule has 0 bridgehead atoms. The number of imidazole rings is 1. The van der Waals surface area contributed by atoms with Crippen molar-refractivity contribution >= 4 is 11.7 Å². The van der Waals surface area contributed by atoms with E-state index in [1.54, 1.807) is 15.7 Å². The summed E-state index contributed by atoms with van der Waals surface area (Å²) >= 11 is 0. The summed E-state index contributed by atoms with van der Waals surface area (Å²) in [6.07, 6.45) is -2.11. The smallest absolute Gasteiger partial charge is 0.494 e. The molecule has 0 unspecified atom stereocenters. The van der Waals surface area contributed by atoms with Gasteiger partial charge in [0.25, 0.3) is 5.91 Å². The van der Waals surface area contributed by atoms with Gasteiger partial charge < -0.3 is 32.0 Å². The van der Waals surface area contributed by atoms with Crippen molar-refractivity contribution in [2.24, 2.45) is 17.2 Å². The van der Waals surface area contributed by atoms with Gasteiger partial charge in [0.15, 0.2) is 0 Å². The van der Waals surface area contributed by atoms with Gasteiger partial charge in [-0.15, -0.1) is 0 Å². The molecule has 9 nitrogen and oxygen atoms in total. The summed E-state index contributed by atoms with van der Waals surface area (Å²) in [7, 11) is 1.39. The minimum Gasteiger partial charge on any atom is -0.494 e. The van der Waals surface area contributed by atoms with Crippen LogP contribution in [-0.4, -0.2) is 52.9 Å². The second-order valence-corrected chi connectivity index (χ2v) is 8.12. The van der Waals surface area contributed by atoms with Crippen molar-refractivity contribution in [1.82, 2.24) is 14.5 Å². The van der Waals surface area contributed by atoms with Gasteiger partial charge in [0.05, 0.1) is 16.8 Å². The van der Waals surface area contributed by atoms with Crippen LogP contribution < -0.4 is 68.6 Å². The maximum absolute atomic E-state index is 13.7. The summed E-state index contributed by atoms with van der Waals surface area (Å²) in [5.41, 5.74) is 15.7. The average Bonchev–Trinajstić information content (AvgIpc) is 3.22. The Bertz CT molecular complexity index is 1140. The van der Waals surface area contributed by atoms with Gasteiger partial charge >= 0.3 is 57.6 Å². The number of rotatable bonds is 7. The number of nitrogens with zero attached hydrogens (tertiary/aromatic N) is 4. The molecular formula is C22H27F4KN8O. The van der Waals surface area contributed by atoms with E-state index in [0.29, 0.717) is 38.3 Å². The Labute approximate surface area is 248 Å². The van der Waals surface area contributed by atoms with Gasteiger partial charge in [-0.3, -0.25) is 10.2 Å². The first-order valence-electron chi connectivity index (χ1n) is 10.8. The Balaban J connectivity index is 0.00000456. The number of primary amides is 1. The molecular weight excluding hydrogens is 507 g/mol. The summed E-state index contributed by atoms with van der Waals surface area (Å²) in [5, 5.41) is 12.1. The summed E-state index contributed by atoms with van der Waals surface area (Å²) in [5.74, 6) is -1.86. The largest absolute Gasteiger partial charge is 1.00 e. The van der Waals surface area contributed by atoms with E-state index in [4.69, 9.17) is 22.6 Å². The van der Waals surface area contributed by atoms with Crippen LogP contribution in [0.4, 0.5) is 17.6 Å². The quantitative estimate of drug-likeness (QED) is 0.124. The standard InChI is InChI=1S/C22H28F4N8O.K/c1-31-18(28)17(20(30)35)19(29)33-7-4-12(5-8-33)21-32-16(11-34(21)9-6-27)13-2-3-15(23)14(10-13)22(24,25)26;/h2-3,10-12H,4-9,27H2,1H3,(H6,28,29,30,31,35);/q;+1/p-1. The first-order valence-corrected chi connectivity index (χ1v) is 10.8. The first-order chi connectivity index (χ1) is 16.5. The molecule has 2 heterocycles. The summed E-state index contributed by atoms with van der Waals surface area (Å²) < 4.78 is 55.0. The number of amidine groups is 1. The molecule has 0 spiro atoms. The van der Waals surface area contributed by atoms with Crippen LogP contribution in [0.1, 0.15) is 30.1 Å². The van der Waals surface area contributed by atoms with E-state index >= 15 is 0 Å². The van der Waals surface area contributed by atoms with Gasteiger partial charge in [-0.05, 0) is 31.0 Å². The van der Waals surface area contributed by atoms with Crippen LogP contribution in [0, 0.1) is 11.2 Å². The van der Waals surface area contributed by atoms with Gasteiger partial charge in [-0.25, -0.2) is 9.37 Å². The number of hydrogen-bond donors (Lipinski definition) is 4. The maximum Gasteiger partial charge on any atom is 1.00 e. The molecule has 190 valence electrons. The van der Waals surface area contributed by atoms with Crippen LogP contribution in [0.5, 0.6) is 0 Å². The van der Waals surface area contributed by atoms with Crippen LogP contribution in [0.3, 0.4) is 0 Å². The Morgan fingerprint density at radius 1 is 1.25 bits per heavy atom. The SMILES string of the molecule is C[N-]/C(N)=C(\C(=N)N1CCC(c2nc(-c3ccc(F)c(C(F)(F)F)c3)cn2CCN)CC1)C(N)=O.[K+]. The van der Waals surface area contributed by atoms with E-state index in [9.17, 15) is 22.4 Å². The van der Waals surface area contributed by atoms with Crippen LogP contribution in [0.15, 0.2) is 35.8 Å². The Kier molecular flexibility index (Phi) is 10.5. The normalized spacial score (nSPS) is 15.2. The number of amides is 1.